The predicted molar refractivity (Wildman–Crippen MR) is 69.3 cm³/mol. The maximum Gasteiger partial charge on any atom is 0.234 e. The highest BCUT2D eigenvalue weighted by atomic mass is 16.1. The zero-order chi connectivity index (χ0) is 12.3. The molecule has 90 valence electrons. The molecular weight excluding hydrogens is 212 g/mol. The van der Waals surface area contributed by atoms with E-state index in [0.29, 0.717) is 0 Å². The van der Waals surface area contributed by atoms with Gasteiger partial charge in [0, 0.05) is 13.1 Å². The lowest BCUT2D eigenvalue weighted by atomic mass is 9.99. The largest absolute Gasteiger partial charge is 0.368 e. The standard InChI is InChI=1S/C14H18N2O/c1-11(14(15)17)16-9-7-13(8-10-16)12-5-3-2-4-6-12/h2-7,11H,8-10H2,1H3,(H2,15,17)/t11-/m1/s1. The molecule has 0 aliphatic carbocycles. The molecule has 0 spiro atoms. The summed E-state index contributed by atoms with van der Waals surface area (Å²) < 4.78 is 0. The molecule has 3 nitrogen and oxygen atoms in total. The first-order valence-corrected chi connectivity index (χ1v) is 5.96. The van der Waals surface area contributed by atoms with Gasteiger partial charge < -0.3 is 5.73 Å². The molecule has 1 atom stereocenters. The van der Waals surface area contributed by atoms with Crippen molar-refractivity contribution in [3.63, 3.8) is 0 Å². The van der Waals surface area contributed by atoms with E-state index in [1.54, 1.807) is 0 Å². The van der Waals surface area contributed by atoms with Crippen LogP contribution in [0.3, 0.4) is 0 Å². The van der Waals surface area contributed by atoms with Crippen LogP contribution < -0.4 is 5.73 Å². The molecule has 0 saturated heterocycles. The molecule has 0 bridgehead atoms. The lowest BCUT2D eigenvalue weighted by Crippen LogP contribution is -2.44. The molecule has 1 aliphatic rings. The van der Waals surface area contributed by atoms with Gasteiger partial charge in [-0.15, -0.1) is 0 Å². The third-order valence-electron chi connectivity index (χ3n) is 3.34. The summed E-state index contributed by atoms with van der Waals surface area (Å²) in [6.45, 7) is 3.56. The van der Waals surface area contributed by atoms with Gasteiger partial charge >= 0.3 is 0 Å². The lowest BCUT2D eigenvalue weighted by Gasteiger charge is -2.30. The molecule has 1 amide bonds. The number of amides is 1. The van der Waals surface area contributed by atoms with Gasteiger partial charge in [0.25, 0.3) is 0 Å². The Kier molecular flexibility index (Phi) is 3.59. The van der Waals surface area contributed by atoms with Gasteiger partial charge in [0.1, 0.15) is 0 Å². The SMILES string of the molecule is C[C@H](C(N)=O)N1CC=C(c2ccccc2)CC1. The first-order chi connectivity index (χ1) is 8.18. The molecule has 3 heteroatoms. The Morgan fingerprint density at radius 2 is 2.06 bits per heavy atom. The summed E-state index contributed by atoms with van der Waals surface area (Å²) in [4.78, 5) is 13.2. The fourth-order valence-electron chi connectivity index (χ4n) is 2.13. The first kappa shape index (κ1) is 11.9. The summed E-state index contributed by atoms with van der Waals surface area (Å²) in [6, 6.07) is 10.2. The smallest absolute Gasteiger partial charge is 0.234 e. The Bertz CT molecular complexity index is 425. The molecule has 0 saturated carbocycles. The van der Waals surface area contributed by atoms with Gasteiger partial charge in [-0.05, 0) is 24.5 Å². The van der Waals surface area contributed by atoms with E-state index in [-0.39, 0.29) is 11.9 Å². The van der Waals surface area contributed by atoms with Gasteiger partial charge in [-0.2, -0.15) is 0 Å². The molecule has 2 N–H and O–H groups in total. The minimum absolute atomic E-state index is 0.177. The van der Waals surface area contributed by atoms with Gasteiger partial charge in [0.15, 0.2) is 0 Å². The molecule has 17 heavy (non-hydrogen) atoms. The van der Waals surface area contributed by atoms with E-state index in [2.05, 4.69) is 35.2 Å². The second-order valence-electron chi connectivity index (χ2n) is 4.42. The molecule has 1 heterocycles. The van der Waals surface area contributed by atoms with E-state index in [4.69, 9.17) is 5.73 Å². The van der Waals surface area contributed by atoms with Crippen LogP contribution in [0.4, 0.5) is 0 Å². The van der Waals surface area contributed by atoms with Gasteiger partial charge in [-0.1, -0.05) is 36.4 Å². The Hall–Kier alpha value is -1.61. The first-order valence-electron chi connectivity index (χ1n) is 5.96. The topological polar surface area (TPSA) is 46.3 Å². The summed E-state index contributed by atoms with van der Waals surface area (Å²) in [6.07, 6.45) is 3.17. The Balaban J connectivity index is 2.05. The molecule has 0 radical (unpaired) electrons. The van der Waals surface area contributed by atoms with Crippen LogP contribution in [0.25, 0.3) is 5.57 Å². The number of benzene rings is 1. The van der Waals surface area contributed by atoms with Crippen LogP contribution in [0.2, 0.25) is 0 Å². The number of hydrogen-bond acceptors (Lipinski definition) is 2. The van der Waals surface area contributed by atoms with E-state index in [1.165, 1.54) is 11.1 Å². The molecule has 0 aromatic heterocycles. The van der Waals surface area contributed by atoms with Crippen LogP contribution in [0.15, 0.2) is 36.4 Å². The van der Waals surface area contributed by atoms with Crippen LogP contribution >= 0.6 is 0 Å². The third-order valence-corrected chi connectivity index (χ3v) is 3.34. The number of nitrogens with two attached hydrogens (primary N) is 1. The Labute approximate surface area is 102 Å². The summed E-state index contributed by atoms with van der Waals surface area (Å²) in [7, 11) is 0. The normalized spacial score (nSPS) is 18.5. The highest BCUT2D eigenvalue weighted by Gasteiger charge is 2.21. The van der Waals surface area contributed by atoms with E-state index in [0.717, 1.165) is 19.5 Å². The maximum atomic E-state index is 11.1. The summed E-state index contributed by atoms with van der Waals surface area (Å²) in [5.74, 6) is -0.249. The summed E-state index contributed by atoms with van der Waals surface area (Å²) in [5.41, 5.74) is 7.95. The van der Waals surface area contributed by atoms with Gasteiger partial charge in [0.05, 0.1) is 6.04 Å². The molecule has 0 fully saturated rings. The van der Waals surface area contributed by atoms with Crippen molar-refractivity contribution in [2.24, 2.45) is 5.73 Å². The van der Waals surface area contributed by atoms with Gasteiger partial charge in [0.2, 0.25) is 5.91 Å². The fraction of sp³-hybridized carbons (Fsp3) is 0.357. The van der Waals surface area contributed by atoms with Crippen molar-refractivity contribution in [1.29, 1.82) is 0 Å². The molecular formula is C14H18N2O. The van der Waals surface area contributed by atoms with E-state index < -0.39 is 0 Å². The van der Waals surface area contributed by atoms with Gasteiger partial charge in [-0.3, -0.25) is 9.69 Å². The predicted octanol–water partition coefficient (Wildman–Crippen LogP) is 1.65. The lowest BCUT2D eigenvalue weighted by molar-refractivity contribution is -0.122. The molecule has 1 aliphatic heterocycles. The average Bonchev–Trinajstić information content (AvgIpc) is 2.39. The summed E-state index contributed by atoms with van der Waals surface area (Å²) >= 11 is 0. The Morgan fingerprint density at radius 1 is 1.35 bits per heavy atom. The van der Waals surface area contributed by atoms with Crippen LogP contribution in [0, 0.1) is 0 Å². The van der Waals surface area contributed by atoms with Crippen LogP contribution in [-0.4, -0.2) is 29.9 Å². The van der Waals surface area contributed by atoms with E-state index >= 15 is 0 Å². The third kappa shape index (κ3) is 2.74. The average molecular weight is 230 g/mol. The highest BCUT2D eigenvalue weighted by molar-refractivity contribution is 5.79. The van der Waals surface area contributed by atoms with Crippen molar-refractivity contribution in [3.8, 4) is 0 Å². The number of rotatable bonds is 3. The van der Waals surface area contributed by atoms with Crippen molar-refractivity contribution in [3.05, 3.63) is 42.0 Å². The molecule has 1 aromatic rings. The zero-order valence-electron chi connectivity index (χ0n) is 10.1. The number of carbonyl (C=O) groups excluding carboxylic acids is 1. The van der Waals surface area contributed by atoms with Crippen molar-refractivity contribution < 1.29 is 4.79 Å². The minimum Gasteiger partial charge on any atom is -0.368 e. The second-order valence-corrected chi connectivity index (χ2v) is 4.42. The monoisotopic (exact) mass is 230 g/mol. The van der Waals surface area contributed by atoms with Gasteiger partial charge in [-0.25, -0.2) is 0 Å². The molecule has 1 aromatic carbocycles. The van der Waals surface area contributed by atoms with Crippen LogP contribution in [0.5, 0.6) is 0 Å². The highest BCUT2D eigenvalue weighted by Crippen LogP contribution is 2.22. The number of primary amides is 1. The Morgan fingerprint density at radius 3 is 2.59 bits per heavy atom. The molecule has 2 rings (SSSR count). The number of carbonyl (C=O) groups is 1. The van der Waals surface area contributed by atoms with Crippen molar-refractivity contribution in [1.82, 2.24) is 4.90 Å². The second kappa shape index (κ2) is 5.15. The minimum atomic E-state index is -0.249. The quantitative estimate of drug-likeness (QED) is 0.858. The van der Waals surface area contributed by atoms with Crippen molar-refractivity contribution >= 4 is 11.5 Å². The van der Waals surface area contributed by atoms with E-state index in [1.807, 2.05) is 13.0 Å². The fourth-order valence-corrected chi connectivity index (χ4v) is 2.13. The summed E-state index contributed by atoms with van der Waals surface area (Å²) in [5, 5.41) is 0. The van der Waals surface area contributed by atoms with Crippen LogP contribution in [0.1, 0.15) is 18.9 Å². The van der Waals surface area contributed by atoms with Crippen molar-refractivity contribution in [2.45, 2.75) is 19.4 Å². The number of hydrogen-bond donors (Lipinski definition) is 1. The number of nitrogens with zero attached hydrogens (tertiary/aromatic N) is 1. The van der Waals surface area contributed by atoms with Crippen LogP contribution in [-0.2, 0) is 4.79 Å². The van der Waals surface area contributed by atoms with Crippen molar-refractivity contribution in [2.75, 3.05) is 13.1 Å². The maximum absolute atomic E-state index is 11.1. The van der Waals surface area contributed by atoms with E-state index in [9.17, 15) is 4.79 Å². The molecule has 0 unspecified atom stereocenters. The zero-order valence-corrected chi connectivity index (χ0v) is 10.1.